The Kier molecular flexibility index (Phi) is 5.46. The molecule has 150 valence electrons. The van der Waals surface area contributed by atoms with E-state index in [0.717, 1.165) is 0 Å². The van der Waals surface area contributed by atoms with Crippen LogP contribution >= 0.6 is 0 Å². The predicted molar refractivity (Wildman–Crippen MR) is 103 cm³/mol. The standard InChI is InChI=1S/C18H20N2O6S2/c1-19-28(24,25)17-11-12(7-8-15(17)26-2)18(21)20-14-9-10-27(22,23)16-6-4-3-5-13(14)16/h3-8,11,14,19H,9-10H2,1-2H3,(H,20,21)/t14-/m1/s1. The van der Waals surface area contributed by atoms with Gasteiger partial charge in [-0.15, -0.1) is 0 Å². The van der Waals surface area contributed by atoms with Gasteiger partial charge in [0.15, 0.2) is 9.84 Å². The van der Waals surface area contributed by atoms with Crippen molar-refractivity contribution in [2.75, 3.05) is 19.9 Å². The minimum atomic E-state index is -3.83. The van der Waals surface area contributed by atoms with Gasteiger partial charge < -0.3 is 10.1 Å². The van der Waals surface area contributed by atoms with Crippen molar-refractivity contribution in [3.05, 3.63) is 53.6 Å². The topological polar surface area (TPSA) is 119 Å². The lowest BCUT2D eigenvalue weighted by Gasteiger charge is -2.26. The second-order valence-electron chi connectivity index (χ2n) is 6.24. The molecule has 2 aromatic rings. The fourth-order valence-electron chi connectivity index (χ4n) is 3.12. The van der Waals surface area contributed by atoms with Crippen LogP contribution in [-0.4, -0.2) is 42.7 Å². The summed E-state index contributed by atoms with van der Waals surface area (Å²) in [5.41, 5.74) is 0.652. The zero-order valence-corrected chi connectivity index (χ0v) is 16.9. The first kappa shape index (κ1) is 20.3. The zero-order valence-electron chi connectivity index (χ0n) is 15.3. The smallest absolute Gasteiger partial charge is 0.251 e. The Morgan fingerprint density at radius 1 is 1.18 bits per heavy atom. The minimum absolute atomic E-state index is 0.0725. The number of carbonyl (C=O) groups is 1. The Bertz CT molecular complexity index is 1130. The summed E-state index contributed by atoms with van der Waals surface area (Å²) < 4.78 is 56.1. The van der Waals surface area contributed by atoms with Crippen LogP contribution in [0.1, 0.15) is 28.4 Å². The van der Waals surface area contributed by atoms with Crippen molar-refractivity contribution in [1.82, 2.24) is 10.0 Å². The van der Waals surface area contributed by atoms with E-state index in [0.29, 0.717) is 5.56 Å². The molecule has 3 rings (SSSR count). The average Bonchev–Trinajstić information content (AvgIpc) is 2.69. The van der Waals surface area contributed by atoms with Gasteiger partial charge in [-0.1, -0.05) is 18.2 Å². The van der Waals surface area contributed by atoms with Gasteiger partial charge in [0.05, 0.1) is 23.8 Å². The predicted octanol–water partition coefficient (Wildman–Crippen LogP) is 1.25. The number of hydrogen-bond donors (Lipinski definition) is 2. The number of nitrogens with one attached hydrogen (secondary N) is 2. The van der Waals surface area contributed by atoms with Crippen molar-refractivity contribution in [3.8, 4) is 5.75 Å². The van der Waals surface area contributed by atoms with Crippen molar-refractivity contribution in [2.45, 2.75) is 22.3 Å². The summed E-state index contributed by atoms with van der Waals surface area (Å²) >= 11 is 0. The molecular weight excluding hydrogens is 404 g/mol. The molecule has 2 aromatic carbocycles. The monoisotopic (exact) mass is 424 g/mol. The van der Waals surface area contributed by atoms with Crippen LogP contribution in [0.2, 0.25) is 0 Å². The first-order valence-electron chi connectivity index (χ1n) is 8.44. The number of carbonyl (C=O) groups excluding carboxylic acids is 1. The Balaban J connectivity index is 1.93. The number of methoxy groups -OCH3 is 1. The van der Waals surface area contributed by atoms with Crippen LogP contribution in [0.4, 0.5) is 0 Å². The molecule has 8 nitrogen and oxygen atoms in total. The largest absolute Gasteiger partial charge is 0.495 e. The normalized spacial score (nSPS) is 18.1. The highest BCUT2D eigenvalue weighted by Gasteiger charge is 2.31. The zero-order chi connectivity index (χ0) is 20.5. The highest BCUT2D eigenvalue weighted by molar-refractivity contribution is 7.91. The van der Waals surface area contributed by atoms with Crippen molar-refractivity contribution < 1.29 is 26.4 Å². The van der Waals surface area contributed by atoms with E-state index in [2.05, 4.69) is 10.0 Å². The molecule has 28 heavy (non-hydrogen) atoms. The van der Waals surface area contributed by atoms with Crippen LogP contribution in [-0.2, 0) is 19.9 Å². The number of rotatable bonds is 5. The van der Waals surface area contributed by atoms with E-state index in [1.165, 1.54) is 38.4 Å². The van der Waals surface area contributed by atoms with Gasteiger partial charge in [-0.3, -0.25) is 4.79 Å². The molecule has 0 aliphatic carbocycles. The lowest BCUT2D eigenvalue weighted by Crippen LogP contribution is -2.34. The number of hydrogen-bond acceptors (Lipinski definition) is 6. The van der Waals surface area contributed by atoms with Gasteiger partial charge in [0.2, 0.25) is 10.0 Å². The van der Waals surface area contributed by atoms with Gasteiger partial charge >= 0.3 is 0 Å². The van der Waals surface area contributed by atoms with Gasteiger partial charge in [0.25, 0.3) is 5.91 Å². The Morgan fingerprint density at radius 2 is 1.89 bits per heavy atom. The highest BCUT2D eigenvalue weighted by Crippen LogP contribution is 2.32. The summed E-state index contributed by atoms with van der Waals surface area (Å²) in [6.45, 7) is 0. The van der Waals surface area contributed by atoms with E-state index in [1.54, 1.807) is 18.2 Å². The molecule has 0 radical (unpaired) electrons. The van der Waals surface area contributed by atoms with Crippen LogP contribution in [0.3, 0.4) is 0 Å². The molecule has 10 heteroatoms. The summed E-state index contributed by atoms with van der Waals surface area (Å²) in [6.07, 6.45) is 0.239. The van der Waals surface area contributed by atoms with E-state index in [1.807, 2.05) is 0 Å². The van der Waals surface area contributed by atoms with Crippen molar-refractivity contribution >= 4 is 25.8 Å². The third-order valence-electron chi connectivity index (χ3n) is 4.59. The van der Waals surface area contributed by atoms with Gasteiger partial charge in [-0.05, 0) is 43.3 Å². The number of fused-ring (bicyclic) bond motifs is 1. The molecule has 0 saturated heterocycles. The van der Waals surface area contributed by atoms with Gasteiger partial charge in [0.1, 0.15) is 10.6 Å². The molecule has 1 amide bonds. The molecule has 1 atom stereocenters. The molecule has 0 unspecified atom stereocenters. The van der Waals surface area contributed by atoms with Gasteiger partial charge in [-0.2, -0.15) is 0 Å². The molecule has 1 aliphatic rings. The summed E-state index contributed by atoms with van der Waals surface area (Å²) in [5, 5.41) is 2.80. The van der Waals surface area contributed by atoms with E-state index < -0.39 is 31.8 Å². The molecule has 0 fully saturated rings. The average molecular weight is 425 g/mol. The number of amides is 1. The maximum Gasteiger partial charge on any atom is 0.251 e. The molecule has 1 aliphatic heterocycles. The maximum atomic E-state index is 12.7. The molecule has 2 N–H and O–H groups in total. The summed E-state index contributed by atoms with van der Waals surface area (Å²) in [5.74, 6) is -0.467. The SMILES string of the molecule is CNS(=O)(=O)c1cc(C(=O)N[C@@H]2CCS(=O)(=O)c3ccccc32)ccc1OC. The van der Waals surface area contributed by atoms with E-state index in [-0.39, 0.29) is 33.3 Å². The summed E-state index contributed by atoms with van der Waals surface area (Å²) in [4.78, 5) is 12.8. The van der Waals surface area contributed by atoms with Crippen LogP contribution in [0, 0.1) is 0 Å². The van der Waals surface area contributed by atoms with Crippen LogP contribution in [0.15, 0.2) is 52.3 Å². The third kappa shape index (κ3) is 3.75. The van der Waals surface area contributed by atoms with Gasteiger partial charge in [-0.25, -0.2) is 21.6 Å². The Morgan fingerprint density at radius 3 is 2.57 bits per heavy atom. The van der Waals surface area contributed by atoms with E-state index in [4.69, 9.17) is 4.74 Å². The fraction of sp³-hybridized carbons (Fsp3) is 0.278. The minimum Gasteiger partial charge on any atom is -0.495 e. The third-order valence-corrected chi connectivity index (χ3v) is 7.84. The van der Waals surface area contributed by atoms with Crippen LogP contribution in [0.5, 0.6) is 5.75 Å². The Labute approximate surface area is 163 Å². The number of sulfonamides is 1. The molecule has 0 bridgehead atoms. The van der Waals surface area contributed by atoms with E-state index >= 15 is 0 Å². The summed E-state index contributed by atoms with van der Waals surface area (Å²) in [6, 6.07) is 10.1. The maximum absolute atomic E-state index is 12.7. The molecule has 1 heterocycles. The van der Waals surface area contributed by atoms with E-state index in [9.17, 15) is 21.6 Å². The second-order valence-corrected chi connectivity index (χ2v) is 10.2. The van der Waals surface area contributed by atoms with Crippen LogP contribution < -0.4 is 14.8 Å². The van der Waals surface area contributed by atoms with Crippen molar-refractivity contribution in [1.29, 1.82) is 0 Å². The molecule has 0 aromatic heterocycles. The molecule has 0 spiro atoms. The number of ether oxygens (including phenoxy) is 1. The lowest BCUT2D eigenvalue weighted by atomic mass is 10.0. The summed E-state index contributed by atoms with van der Waals surface area (Å²) in [7, 11) is -4.60. The fourth-order valence-corrected chi connectivity index (χ4v) is 5.66. The number of benzene rings is 2. The number of sulfone groups is 1. The quantitative estimate of drug-likeness (QED) is 0.746. The highest BCUT2D eigenvalue weighted by atomic mass is 32.2. The first-order valence-corrected chi connectivity index (χ1v) is 11.6. The Hall–Kier alpha value is -2.43. The molecule has 0 saturated carbocycles. The second kappa shape index (κ2) is 7.53. The first-order chi connectivity index (χ1) is 13.2. The van der Waals surface area contributed by atoms with Crippen molar-refractivity contribution in [2.24, 2.45) is 0 Å². The lowest BCUT2D eigenvalue weighted by molar-refractivity contribution is 0.0934. The van der Waals surface area contributed by atoms with Gasteiger partial charge in [0, 0.05) is 5.56 Å². The molecular formula is C18H20N2O6S2. The van der Waals surface area contributed by atoms with Crippen LogP contribution in [0.25, 0.3) is 0 Å². The van der Waals surface area contributed by atoms with Crippen molar-refractivity contribution in [3.63, 3.8) is 0 Å².